The van der Waals surface area contributed by atoms with Gasteiger partial charge in [0.1, 0.15) is 0 Å². The molecule has 0 aliphatic carbocycles. The number of unbranched alkanes of at least 4 members (excludes halogenated alkanes) is 6. The summed E-state index contributed by atoms with van der Waals surface area (Å²) < 4.78 is 3.89. The smallest absolute Gasteiger partial charge is 0.171 e. The van der Waals surface area contributed by atoms with Crippen molar-refractivity contribution in [1.82, 2.24) is 0 Å². The molecule has 0 fully saturated rings. The lowest BCUT2D eigenvalue weighted by molar-refractivity contribution is 0.349. The summed E-state index contributed by atoms with van der Waals surface area (Å²) in [6, 6.07) is 0. The molecule has 0 aliphatic heterocycles. The van der Waals surface area contributed by atoms with Crippen molar-refractivity contribution in [3.8, 4) is 0 Å². The molecule has 0 heterocycles. The predicted molar refractivity (Wildman–Crippen MR) is 90.0 cm³/mol. The number of hydrogen-bond acceptors (Lipinski definition) is 3. The van der Waals surface area contributed by atoms with Crippen molar-refractivity contribution in [1.29, 1.82) is 0 Å². The number of thiol groups is 1. The lowest BCUT2D eigenvalue weighted by Crippen LogP contribution is -1.89. The Morgan fingerprint density at radius 2 is 1.59 bits per heavy atom. The summed E-state index contributed by atoms with van der Waals surface area (Å²) in [4.78, 5) is 0. The maximum atomic E-state index is 5.74. The van der Waals surface area contributed by atoms with E-state index in [0.717, 1.165) is 18.8 Å². The van der Waals surface area contributed by atoms with Gasteiger partial charge in [0, 0.05) is 5.75 Å². The molecule has 1 nitrogen and oxygen atoms in total. The second kappa shape index (κ2) is 12.3. The minimum atomic E-state index is -1.85. The Hall–Kier alpha value is 1.31. The van der Waals surface area contributed by atoms with Gasteiger partial charge in [-0.15, -0.1) is 12.2 Å². The van der Waals surface area contributed by atoms with E-state index in [4.69, 9.17) is 16.3 Å². The molecule has 0 saturated heterocycles. The van der Waals surface area contributed by atoms with Crippen LogP contribution in [0.15, 0.2) is 0 Å². The molecule has 17 heavy (non-hydrogen) atoms. The Morgan fingerprint density at radius 3 is 2.18 bits per heavy atom. The van der Waals surface area contributed by atoms with Gasteiger partial charge < -0.3 is 4.52 Å². The van der Waals surface area contributed by atoms with Gasteiger partial charge in [-0.05, 0) is 24.6 Å². The van der Waals surface area contributed by atoms with Crippen molar-refractivity contribution in [2.45, 2.75) is 65.2 Å². The first-order valence-corrected chi connectivity index (χ1v) is 12.2. The highest BCUT2D eigenvalue weighted by molar-refractivity contribution is 8.95. The van der Waals surface area contributed by atoms with Gasteiger partial charge in [0.2, 0.25) is 0 Å². The Morgan fingerprint density at radius 1 is 1.00 bits per heavy atom. The molecule has 104 valence electrons. The minimum absolute atomic E-state index is 0.794. The second-order valence-electron chi connectivity index (χ2n) is 4.26. The number of rotatable bonds is 12. The van der Waals surface area contributed by atoms with Crippen molar-refractivity contribution >= 4 is 40.1 Å². The summed E-state index contributed by atoms with van der Waals surface area (Å²) in [5.74, 6) is 1.11. The van der Waals surface area contributed by atoms with Crippen LogP contribution >= 0.6 is 28.3 Å². The highest BCUT2D eigenvalue weighted by atomic mass is 33.2. The Labute approximate surface area is 122 Å². The van der Waals surface area contributed by atoms with Crippen LogP contribution in [0.5, 0.6) is 0 Å². The van der Waals surface area contributed by atoms with Gasteiger partial charge in [-0.2, -0.15) is 0 Å². The van der Waals surface area contributed by atoms with Crippen molar-refractivity contribution in [2.24, 2.45) is 0 Å². The van der Waals surface area contributed by atoms with Gasteiger partial charge in [-0.1, -0.05) is 63.8 Å². The van der Waals surface area contributed by atoms with Gasteiger partial charge in [0.15, 0.2) is 4.67 Å². The summed E-state index contributed by atoms with van der Waals surface area (Å²) in [5, 5.41) is 0. The molecule has 0 rings (SSSR count). The Balaban J connectivity index is 3.42. The average molecular weight is 315 g/mol. The third-order valence-electron chi connectivity index (χ3n) is 2.50. The zero-order valence-electron chi connectivity index (χ0n) is 11.2. The van der Waals surface area contributed by atoms with Gasteiger partial charge in [-0.3, -0.25) is 0 Å². The maximum absolute atomic E-state index is 5.74. The van der Waals surface area contributed by atoms with Gasteiger partial charge in [0.25, 0.3) is 0 Å². The molecule has 0 bridgehead atoms. The van der Waals surface area contributed by atoms with Crippen LogP contribution in [0.25, 0.3) is 0 Å². The molecule has 0 N–H and O–H groups in total. The third-order valence-corrected chi connectivity index (χ3v) is 8.30. The van der Waals surface area contributed by atoms with Crippen LogP contribution < -0.4 is 0 Å². The zero-order valence-corrected chi connectivity index (χ0v) is 14.6. The standard InChI is InChI=1S/C12H27OPS3/c1-3-5-7-9-11-13-14(15,16)17-12-10-8-6-4-2/h3-12H2,1-2H3,(H,15,16). The SMILES string of the molecule is CCCCCCOP(=S)(S)SCCCCCC. The van der Waals surface area contributed by atoms with Crippen LogP contribution in [-0.2, 0) is 16.3 Å². The molecule has 0 saturated carbocycles. The van der Waals surface area contributed by atoms with E-state index in [1.54, 1.807) is 11.4 Å². The van der Waals surface area contributed by atoms with E-state index in [2.05, 4.69) is 26.1 Å². The lowest BCUT2D eigenvalue weighted by atomic mass is 10.2. The first-order valence-electron chi connectivity index (χ1n) is 6.74. The normalized spacial score (nSPS) is 14.8. The molecule has 1 unspecified atom stereocenters. The van der Waals surface area contributed by atoms with E-state index in [-0.39, 0.29) is 0 Å². The average Bonchev–Trinajstić information content (AvgIpc) is 2.28. The minimum Gasteiger partial charge on any atom is -0.334 e. The zero-order chi connectivity index (χ0) is 13.0. The topological polar surface area (TPSA) is 9.23 Å². The molecule has 0 aromatic heterocycles. The van der Waals surface area contributed by atoms with E-state index in [9.17, 15) is 0 Å². The fraction of sp³-hybridized carbons (Fsp3) is 1.00. The number of hydrogen-bond donors (Lipinski definition) is 1. The third kappa shape index (κ3) is 13.5. The molecule has 0 amide bonds. The van der Waals surface area contributed by atoms with Crippen molar-refractivity contribution in [3.05, 3.63) is 0 Å². The molecular weight excluding hydrogens is 287 g/mol. The fourth-order valence-electron chi connectivity index (χ4n) is 1.45. The van der Waals surface area contributed by atoms with Crippen LogP contribution in [0.3, 0.4) is 0 Å². The molecule has 0 aliphatic rings. The maximum Gasteiger partial charge on any atom is 0.171 e. The van der Waals surface area contributed by atoms with Crippen LogP contribution in [0.4, 0.5) is 0 Å². The van der Waals surface area contributed by atoms with Crippen molar-refractivity contribution in [2.75, 3.05) is 12.4 Å². The van der Waals surface area contributed by atoms with Crippen LogP contribution in [0, 0.1) is 0 Å². The molecule has 1 atom stereocenters. The molecule has 5 heteroatoms. The molecule has 0 aromatic rings. The van der Waals surface area contributed by atoms with Crippen molar-refractivity contribution in [3.63, 3.8) is 0 Å². The largest absolute Gasteiger partial charge is 0.334 e. The molecule has 0 radical (unpaired) electrons. The molecular formula is C12H27OPS3. The monoisotopic (exact) mass is 314 g/mol. The highest BCUT2D eigenvalue weighted by Crippen LogP contribution is 2.64. The summed E-state index contributed by atoms with van der Waals surface area (Å²) in [5.41, 5.74) is 0. The van der Waals surface area contributed by atoms with E-state index in [1.807, 2.05) is 0 Å². The Bertz CT molecular complexity index is 194. The van der Waals surface area contributed by atoms with Crippen LogP contribution in [0.2, 0.25) is 0 Å². The summed E-state index contributed by atoms with van der Waals surface area (Å²) in [6.07, 6.45) is 10.1. The van der Waals surface area contributed by atoms with Crippen LogP contribution in [-0.4, -0.2) is 12.4 Å². The lowest BCUT2D eigenvalue weighted by Gasteiger charge is -2.15. The highest BCUT2D eigenvalue weighted by Gasteiger charge is 2.11. The first-order chi connectivity index (χ1) is 8.12. The van der Waals surface area contributed by atoms with E-state index in [1.165, 1.54) is 44.9 Å². The van der Waals surface area contributed by atoms with E-state index in [0.29, 0.717) is 0 Å². The van der Waals surface area contributed by atoms with Gasteiger partial charge in [0.05, 0.1) is 6.61 Å². The summed E-state index contributed by atoms with van der Waals surface area (Å²) >= 11 is 11.7. The van der Waals surface area contributed by atoms with E-state index >= 15 is 0 Å². The van der Waals surface area contributed by atoms with E-state index < -0.39 is 4.67 Å². The van der Waals surface area contributed by atoms with Gasteiger partial charge >= 0.3 is 0 Å². The Kier molecular flexibility index (Phi) is 13.3. The summed E-state index contributed by atoms with van der Waals surface area (Å²) in [6.45, 7) is 5.24. The predicted octanol–water partition coefficient (Wildman–Crippen LogP) is 6.05. The second-order valence-corrected chi connectivity index (χ2v) is 14.0. The first kappa shape index (κ1) is 18.3. The molecule has 0 spiro atoms. The molecule has 0 aromatic carbocycles. The van der Waals surface area contributed by atoms with Gasteiger partial charge in [-0.25, -0.2) is 0 Å². The van der Waals surface area contributed by atoms with Crippen LogP contribution in [0.1, 0.15) is 65.2 Å². The van der Waals surface area contributed by atoms with Crippen molar-refractivity contribution < 1.29 is 4.52 Å². The fourth-order valence-corrected chi connectivity index (χ4v) is 5.85. The quantitative estimate of drug-likeness (QED) is 0.267. The summed E-state index contributed by atoms with van der Waals surface area (Å²) in [7, 11) is 0.